The van der Waals surface area contributed by atoms with Crippen molar-refractivity contribution in [3.05, 3.63) is 10.1 Å². The van der Waals surface area contributed by atoms with Gasteiger partial charge in [-0.15, -0.1) is 0 Å². The fourth-order valence-corrected chi connectivity index (χ4v) is 9.22. The Kier molecular flexibility index (Phi) is 6.03. The minimum absolute atomic E-state index is 0.790. The van der Waals surface area contributed by atoms with E-state index in [-0.39, 0.29) is 0 Å². The van der Waals surface area contributed by atoms with Crippen LogP contribution in [-0.4, -0.2) is 26.1 Å². The van der Waals surface area contributed by atoms with Gasteiger partial charge in [0.1, 0.15) is 0 Å². The Labute approximate surface area is 104 Å². The number of hydrogen-bond acceptors (Lipinski definition) is 1. The summed E-state index contributed by atoms with van der Waals surface area (Å²) in [6.45, 7) is 13.5. The summed E-state index contributed by atoms with van der Waals surface area (Å²) in [6, 6.07) is 1.11. The van der Waals surface area contributed by atoms with Crippen LogP contribution in [0.25, 0.3) is 0 Å². The maximum atomic E-state index is 12.1. The van der Waals surface area contributed by atoms with Crippen molar-refractivity contribution >= 4 is 38.5 Å². The van der Waals surface area contributed by atoms with Gasteiger partial charge >= 0.3 is 0 Å². The van der Waals surface area contributed by atoms with Crippen molar-refractivity contribution in [2.75, 3.05) is 5.75 Å². The zero-order chi connectivity index (χ0) is 12.3. The molecule has 90 valence electrons. The van der Waals surface area contributed by atoms with Crippen LogP contribution in [0.3, 0.4) is 0 Å². The number of hydrogen-bond donors (Lipinski definition) is 0. The van der Waals surface area contributed by atoms with Crippen molar-refractivity contribution in [1.29, 1.82) is 0 Å². The first-order chi connectivity index (χ1) is 6.58. The van der Waals surface area contributed by atoms with Crippen molar-refractivity contribution in [1.82, 2.24) is 0 Å². The Morgan fingerprint density at radius 1 is 1.20 bits per heavy atom. The summed E-state index contributed by atoms with van der Waals surface area (Å²) in [5.41, 5.74) is 1.56. The molecule has 0 aliphatic rings. The van der Waals surface area contributed by atoms with Crippen LogP contribution >= 0.6 is 11.6 Å². The molecule has 0 bridgehead atoms. The maximum absolute atomic E-state index is 12.1. The van der Waals surface area contributed by atoms with Crippen LogP contribution in [0.4, 0.5) is 0 Å². The molecule has 0 aromatic heterocycles. The average molecular weight is 283 g/mol. The lowest BCUT2D eigenvalue weighted by Crippen LogP contribution is -2.30. The first-order valence-electron chi connectivity index (χ1n) is 5.27. The second-order valence-corrected chi connectivity index (χ2v) is 18.9. The first-order valence-corrected chi connectivity index (χ1v) is 14.2. The Hall–Kier alpha value is 0.614. The van der Waals surface area contributed by atoms with Crippen LogP contribution in [0, 0.1) is 0 Å². The third-order valence-electron chi connectivity index (χ3n) is 2.12. The zero-order valence-electron chi connectivity index (χ0n) is 10.7. The highest BCUT2D eigenvalue weighted by Crippen LogP contribution is 2.21. The Morgan fingerprint density at radius 2 is 1.67 bits per heavy atom. The zero-order valence-corrected chi connectivity index (χ0v) is 14.3. The highest BCUT2D eigenvalue weighted by atomic mass is 35.5. The van der Waals surface area contributed by atoms with Crippen molar-refractivity contribution < 1.29 is 4.21 Å². The number of rotatable bonds is 5. The summed E-state index contributed by atoms with van der Waals surface area (Å²) in [5, 5.41) is 0. The summed E-state index contributed by atoms with van der Waals surface area (Å²) >= 11 is 5.79. The van der Waals surface area contributed by atoms with E-state index in [9.17, 15) is 4.21 Å². The molecule has 0 N–H and O–H groups in total. The smallest absolute Gasteiger partial charge is 0.0902 e. The van der Waals surface area contributed by atoms with Crippen molar-refractivity contribution in [3.8, 4) is 0 Å². The lowest BCUT2D eigenvalue weighted by atomic mass is 10.9. The molecule has 0 aromatic carbocycles. The average Bonchev–Trinajstić information content (AvgIpc) is 1.98. The molecule has 15 heavy (non-hydrogen) atoms. The van der Waals surface area contributed by atoms with E-state index in [4.69, 9.17) is 11.6 Å². The summed E-state index contributed by atoms with van der Waals surface area (Å²) < 4.78 is 13.1. The lowest BCUT2D eigenvalue weighted by Gasteiger charge is -2.21. The third kappa shape index (κ3) is 6.71. The van der Waals surface area contributed by atoms with Crippen molar-refractivity contribution in [3.63, 3.8) is 0 Å². The van der Waals surface area contributed by atoms with Gasteiger partial charge in [-0.2, -0.15) is 0 Å². The van der Waals surface area contributed by atoms with Crippen LogP contribution in [0.5, 0.6) is 0 Å². The molecule has 0 amide bonds. The SMILES string of the molecule is C[Si](C)(C)CCS(=O)/C(=C/Cl)[Si](C)(C)C. The van der Waals surface area contributed by atoms with Gasteiger partial charge in [-0.3, -0.25) is 4.21 Å². The van der Waals surface area contributed by atoms with E-state index in [1.165, 1.54) is 0 Å². The third-order valence-corrected chi connectivity index (χ3v) is 10.1. The topological polar surface area (TPSA) is 17.1 Å². The second kappa shape index (κ2) is 5.80. The van der Waals surface area contributed by atoms with Gasteiger partial charge in [0.25, 0.3) is 0 Å². The number of halogens is 1. The molecule has 0 saturated carbocycles. The van der Waals surface area contributed by atoms with E-state index in [2.05, 4.69) is 39.3 Å². The van der Waals surface area contributed by atoms with E-state index in [0.29, 0.717) is 0 Å². The van der Waals surface area contributed by atoms with Crippen LogP contribution in [0.2, 0.25) is 45.3 Å². The Balaban J connectivity index is 4.46. The van der Waals surface area contributed by atoms with Gasteiger partial charge in [-0.05, 0) is 6.04 Å². The molecule has 0 saturated heterocycles. The summed E-state index contributed by atoms with van der Waals surface area (Å²) in [5.74, 6) is 0.790. The molecule has 0 aliphatic heterocycles. The Bertz CT molecular complexity index is 264. The fourth-order valence-electron chi connectivity index (χ4n) is 1.06. The van der Waals surface area contributed by atoms with Crippen molar-refractivity contribution in [2.45, 2.75) is 45.3 Å². The molecule has 0 radical (unpaired) electrons. The predicted molar refractivity (Wildman–Crippen MR) is 78.4 cm³/mol. The predicted octanol–water partition coefficient (Wildman–Crippen LogP) is 4.03. The summed E-state index contributed by atoms with van der Waals surface area (Å²) in [7, 11) is -3.44. The quantitative estimate of drug-likeness (QED) is 0.696. The van der Waals surface area contributed by atoms with Crippen LogP contribution in [0.15, 0.2) is 10.1 Å². The molecule has 1 nitrogen and oxygen atoms in total. The molecule has 0 fully saturated rings. The van der Waals surface area contributed by atoms with E-state index < -0.39 is 26.9 Å². The molecule has 0 aliphatic carbocycles. The van der Waals surface area contributed by atoms with Crippen molar-refractivity contribution in [2.24, 2.45) is 0 Å². The fraction of sp³-hybridized carbons (Fsp3) is 0.800. The van der Waals surface area contributed by atoms with Crippen LogP contribution < -0.4 is 0 Å². The van der Waals surface area contributed by atoms with Crippen LogP contribution in [0.1, 0.15) is 0 Å². The highest BCUT2D eigenvalue weighted by molar-refractivity contribution is 7.91. The molecule has 1 atom stereocenters. The molecular weight excluding hydrogens is 260 g/mol. The molecule has 1 unspecified atom stereocenters. The van der Waals surface area contributed by atoms with E-state index in [1.54, 1.807) is 5.54 Å². The molecule has 5 heteroatoms. The van der Waals surface area contributed by atoms with Gasteiger partial charge in [0.05, 0.1) is 8.07 Å². The standard InChI is InChI=1S/C10H23ClOSSi2/c1-14(2,3)8-7-13(12)10(9-11)15(4,5)6/h9H,7-8H2,1-6H3/b10-9-. The molecule has 0 heterocycles. The lowest BCUT2D eigenvalue weighted by molar-refractivity contribution is 0.688. The monoisotopic (exact) mass is 282 g/mol. The van der Waals surface area contributed by atoms with Crippen LogP contribution in [-0.2, 0) is 10.8 Å². The van der Waals surface area contributed by atoms with Gasteiger partial charge in [0.15, 0.2) is 0 Å². The second-order valence-electron chi connectivity index (χ2n) is 6.08. The Morgan fingerprint density at radius 3 is 1.93 bits per heavy atom. The molecule has 0 rings (SSSR count). The van der Waals surface area contributed by atoms with E-state index in [0.717, 1.165) is 16.3 Å². The first kappa shape index (κ1) is 15.6. The van der Waals surface area contributed by atoms with E-state index >= 15 is 0 Å². The summed E-state index contributed by atoms with van der Waals surface area (Å²) in [6.07, 6.45) is 0. The minimum Gasteiger partial charge on any atom is -0.255 e. The van der Waals surface area contributed by atoms with Gasteiger partial charge in [0.2, 0.25) is 0 Å². The normalized spacial score (nSPS) is 16.6. The molecule has 0 spiro atoms. The van der Waals surface area contributed by atoms with Gasteiger partial charge in [0, 0.05) is 34.7 Å². The van der Waals surface area contributed by atoms with Gasteiger partial charge in [-0.25, -0.2) is 0 Å². The summed E-state index contributed by atoms with van der Waals surface area (Å²) in [4.78, 5) is 0. The van der Waals surface area contributed by atoms with E-state index in [1.807, 2.05) is 0 Å². The van der Waals surface area contributed by atoms with Gasteiger partial charge in [-0.1, -0.05) is 50.9 Å². The van der Waals surface area contributed by atoms with Gasteiger partial charge < -0.3 is 0 Å². The minimum atomic E-state index is -1.50. The maximum Gasteiger partial charge on any atom is 0.0902 e. The molecular formula is C10H23ClOSSi2. The highest BCUT2D eigenvalue weighted by Gasteiger charge is 2.25. The molecule has 0 aromatic rings. The largest absolute Gasteiger partial charge is 0.255 e.